The van der Waals surface area contributed by atoms with Gasteiger partial charge < -0.3 is 20.8 Å². The van der Waals surface area contributed by atoms with Gasteiger partial charge in [0, 0.05) is 5.56 Å². The molecular weight excluding hydrogens is 432 g/mol. The summed E-state index contributed by atoms with van der Waals surface area (Å²) in [6.07, 6.45) is -0.797. The maximum atomic E-state index is 12.8. The van der Waals surface area contributed by atoms with Gasteiger partial charge in [0.25, 0.3) is 11.8 Å². The number of carbonyl (C=O) groups excluding carboxylic acids is 3. The number of aryl methyl sites for hydroxylation is 1. The predicted molar refractivity (Wildman–Crippen MR) is 129 cm³/mol. The number of aromatic nitrogens is 2. The Hall–Kier alpha value is -4.46. The molecule has 1 aromatic heterocycles. The second kappa shape index (κ2) is 9.58. The van der Waals surface area contributed by atoms with Gasteiger partial charge >= 0.3 is 5.97 Å². The number of para-hydroxylation sites is 1. The Morgan fingerprint density at radius 2 is 1.79 bits per heavy atom. The summed E-state index contributed by atoms with van der Waals surface area (Å²) in [5.74, 6) is -1.16. The van der Waals surface area contributed by atoms with E-state index in [0.29, 0.717) is 16.9 Å². The molecule has 0 saturated heterocycles. The molecule has 1 heterocycles. The van der Waals surface area contributed by atoms with Crippen LogP contribution in [0, 0.1) is 6.92 Å². The van der Waals surface area contributed by atoms with Gasteiger partial charge in [0.05, 0.1) is 27.8 Å². The molecule has 0 spiro atoms. The van der Waals surface area contributed by atoms with Crippen LogP contribution in [0.5, 0.6) is 0 Å². The molecule has 34 heavy (non-hydrogen) atoms. The molecule has 0 fully saturated rings. The van der Waals surface area contributed by atoms with Crippen LogP contribution in [0.2, 0.25) is 0 Å². The van der Waals surface area contributed by atoms with Crippen molar-refractivity contribution in [2.24, 2.45) is 5.73 Å². The number of fused-ring (bicyclic) bond motifs is 1. The summed E-state index contributed by atoms with van der Waals surface area (Å²) in [6, 6.07) is 19.3. The van der Waals surface area contributed by atoms with E-state index in [4.69, 9.17) is 10.5 Å². The smallest absolute Gasteiger partial charge is 0.338 e. The lowest BCUT2D eigenvalue weighted by molar-refractivity contribution is -0.124. The highest BCUT2D eigenvalue weighted by atomic mass is 16.5. The van der Waals surface area contributed by atoms with E-state index in [0.717, 1.165) is 11.1 Å². The standard InChI is InChI=1S/C26H24N4O4/c1-3-22(25(32)30-19-7-5-4-6-18(19)23(27)31)34-26(33)17-12-13-20-21(14-17)29-24(28-20)16-10-8-15(2)9-11-16/h4-14,22H,3H2,1-2H3,(H2,27,31)(H,28,29)(H,30,32). The van der Waals surface area contributed by atoms with Crippen LogP contribution in [0.3, 0.4) is 0 Å². The summed E-state index contributed by atoms with van der Waals surface area (Å²) >= 11 is 0. The lowest BCUT2D eigenvalue weighted by Gasteiger charge is -2.17. The van der Waals surface area contributed by atoms with Gasteiger partial charge in [-0.1, -0.05) is 48.9 Å². The summed E-state index contributed by atoms with van der Waals surface area (Å²) in [7, 11) is 0. The number of benzene rings is 3. The maximum absolute atomic E-state index is 12.8. The Bertz CT molecular complexity index is 1380. The molecule has 1 atom stereocenters. The molecule has 0 radical (unpaired) electrons. The van der Waals surface area contributed by atoms with Crippen molar-refractivity contribution in [2.75, 3.05) is 5.32 Å². The molecule has 0 bridgehead atoms. The predicted octanol–water partition coefficient (Wildman–Crippen LogP) is 4.21. The van der Waals surface area contributed by atoms with E-state index in [1.807, 2.05) is 31.2 Å². The number of imidazole rings is 1. The Morgan fingerprint density at radius 1 is 1.06 bits per heavy atom. The van der Waals surface area contributed by atoms with Crippen molar-refractivity contribution in [2.45, 2.75) is 26.4 Å². The summed E-state index contributed by atoms with van der Waals surface area (Å²) in [5.41, 5.74) is 9.56. The normalized spacial score (nSPS) is 11.7. The Kier molecular flexibility index (Phi) is 6.40. The van der Waals surface area contributed by atoms with Crippen molar-refractivity contribution in [3.05, 3.63) is 83.4 Å². The van der Waals surface area contributed by atoms with Crippen molar-refractivity contribution < 1.29 is 19.1 Å². The van der Waals surface area contributed by atoms with Crippen molar-refractivity contribution >= 4 is 34.5 Å². The number of hydrogen-bond acceptors (Lipinski definition) is 5. The highest BCUT2D eigenvalue weighted by Crippen LogP contribution is 2.22. The average Bonchev–Trinajstić information content (AvgIpc) is 3.26. The van der Waals surface area contributed by atoms with Crippen LogP contribution in [0.25, 0.3) is 22.4 Å². The number of H-pyrrole nitrogens is 1. The van der Waals surface area contributed by atoms with E-state index >= 15 is 0 Å². The monoisotopic (exact) mass is 456 g/mol. The average molecular weight is 457 g/mol. The number of nitrogens with zero attached hydrogens (tertiary/aromatic N) is 1. The van der Waals surface area contributed by atoms with E-state index in [9.17, 15) is 14.4 Å². The molecule has 0 saturated carbocycles. The first-order chi connectivity index (χ1) is 16.4. The first-order valence-electron chi connectivity index (χ1n) is 10.8. The van der Waals surface area contributed by atoms with Crippen LogP contribution in [0.15, 0.2) is 66.7 Å². The van der Waals surface area contributed by atoms with E-state index in [1.165, 1.54) is 6.07 Å². The summed E-state index contributed by atoms with van der Waals surface area (Å²) < 4.78 is 5.47. The van der Waals surface area contributed by atoms with Gasteiger partial charge in [0.15, 0.2) is 6.10 Å². The minimum absolute atomic E-state index is 0.172. The second-order valence-electron chi connectivity index (χ2n) is 7.88. The largest absolute Gasteiger partial charge is 0.449 e. The van der Waals surface area contributed by atoms with Gasteiger partial charge in [-0.15, -0.1) is 0 Å². The zero-order chi connectivity index (χ0) is 24.2. The molecule has 0 aliphatic carbocycles. The first-order valence-corrected chi connectivity index (χ1v) is 10.8. The van der Waals surface area contributed by atoms with Gasteiger partial charge in [-0.05, 0) is 43.7 Å². The molecule has 2 amide bonds. The molecule has 3 aromatic carbocycles. The van der Waals surface area contributed by atoms with E-state index in [2.05, 4.69) is 15.3 Å². The molecular formula is C26H24N4O4. The fourth-order valence-electron chi connectivity index (χ4n) is 3.52. The topological polar surface area (TPSA) is 127 Å². The van der Waals surface area contributed by atoms with Gasteiger partial charge in [-0.25, -0.2) is 9.78 Å². The number of aromatic amines is 1. The third kappa shape index (κ3) is 4.80. The molecule has 0 aliphatic heterocycles. The molecule has 8 nitrogen and oxygen atoms in total. The van der Waals surface area contributed by atoms with Gasteiger partial charge in [-0.2, -0.15) is 0 Å². The molecule has 172 valence electrons. The van der Waals surface area contributed by atoms with Crippen LogP contribution in [-0.4, -0.2) is 33.9 Å². The van der Waals surface area contributed by atoms with Gasteiger partial charge in [-0.3, -0.25) is 9.59 Å². The molecule has 8 heteroatoms. The molecule has 4 aromatic rings. The SMILES string of the molecule is CCC(OC(=O)c1ccc2nc(-c3ccc(C)cc3)[nH]c2c1)C(=O)Nc1ccccc1C(N)=O. The Balaban J connectivity index is 1.50. The molecule has 0 aliphatic rings. The number of rotatable bonds is 7. The lowest BCUT2D eigenvalue weighted by Crippen LogP contribution is -2.32. The number of ether oxygens (including phenoxy) is 1. The lowest BCUT2D eigenvalue weighted by atomic mass is 10.1. The van der Waals surface area contributed by atoms with Crippen molar-refractivity contribution in [3.8, 4) is 11.4 Å². The number of anilines is 1. The van der Waals surface area contributed by atoms with Crippen LogP contribution in [0.1, 0.15) is 39.6 Å². The number of amides is 2. The number of nitrogens with two attached hydrogens (primary N) is 1. The number of hydrogen-bond donors (Lipinski definition) is 3. The van der Waals surface area contributed by atoms with Crippen LogP contribution in [0.4, 0.5) is 5.69 Å². The molecule has 1 unspecified atom stereocenters. The van der Waals surface area contributed by atoms with Gasteiger partial charge in [0.1, 0.15) is 5.82 Å². The van der Waals surface area contributed by atoms with Crippen LogP contribution < -0.4 is 11.1 Å². The first kappa shape index (κ1) is 22.7. The minimum atomic E-state index is -1.05. The second-order valence-corrected chi connectivity index (χ2v) is 7.88. The summed E-state index contributed by atoms with van der Waals surface area (Å²) in [4.78, 5) is 44.9. The van der Waals surface area contributed by atoms with Gasteiger partial charge in [0.2, 0.25) is 0 Å². The highest BCUT2D eigenvalue weighted by molar-refractivity contribution is 6.04. The zero-order valence-electron chi connectivity index (χ0n) is 18.8. The fourth-order valence-corrected chi connectivity index (χ4v) is 3.52. The van der Waals surface area contributed by atoms with Crippen molar-refractivity contribution in [1.29, 1.82) is 0 Å². The maximum Gasteiger partial charge on any atom is 0.338 e. The Labute approximate surface area is 196 Å². The fraction of sp³-hybridized carbons (Fsp3) is 0.154. The number of nitrogens with one attached hydrogen (secondary N) is 2. The third-order valence-electron chi connectivity index (χ3n) is 5.41. The number of primary amides is 1. The van der Waals surface area contributed by atoms with Crippen molar-refractivity contribution in [3.63, 3.8) is 0 Å². The number of carbonyl (C=O) groups is 3. The third-order valence-corrected chi connectivity index (χ3v) is 5.41. The molecule has 4 rings (SSSR count). The van der Waals surface area contributed by atoms with E-state index in [-0.39, 0.29) is 23.2 Å². The zero-order valence-corrected chi connectivity index (χ0v) is 18.8. The summed E-state index contributed by atoms with van der Waals surface area (Å²) in [5, 5.41) is 2.62. The van der Waals surface area contributed by atoms with E-state index < -0.39 is 23.9 Å². The van der Waals surface area contributed by atoms with Crippen LogP contribution in [-0.2, 0) is 9.53 Å². The quantitative estimate of drug-likeness (QED) is 0.359. The minimum Gasteiger partial charge on any atom is -0.449 e. The van der Waals surface area contributed by atoms with Crippen molar-refractivity contribution in [1.82, 2.24) is 9.97 Å². The van der Waals surface area contributed by atoms with Crippen LogP contribution >= 0.6 is 0 Å². The Morgan fingerprint density at radius 3 is 2.50 bits per heavy atom. The molecule has 4 N–H and O–H groups in total. The highest BCUT2D eigenvalue weighted by Gasteiger charge is 2.23. The number of esters is 1. The van der Waals surface area contributed by atoms with E-state index in [1.54, 1.807) is 43.3 Å². The summed E-state index contributed by atoms with van der Waals surface area (Å²) in [6.45, 7) is 3.74.